The minimum absolute atomic E-state index is 0.302. The summed E-state index contributed by atoms with van der Waals surface area (Å²) in [6.07, 6.45) is 9.84. The predicted molar refractivity (Wildman–Crippen MR) is 104 cm³/mol. The van der Waals surface area contributed by atoms with Crippen LogP contribution in [0.1, 0.15) is 68.4 Å². The lowest BCUT2D eigenvalue weighted by Gasteiger charge is -2.54. The fourth-order valence-electron chi connectivity index (χ4n) is 6.39. The van der Waals surface area contributed by atoms with Crippen LogP contribution in [0.5, 0.6) is 0 Å². The van der Waals surface area contributed by atoms with Gasteiger partial charge in [0.1, 0.15) is 0 Å². The SMILES string of the molecule is Cc1ccccc1C1CC2(CCN(C(=O)C3CC4(CCCN4)C3)CC2)C1. The van der Waals surface area contributed by atoms with Crippen LogP contribution in [0.25, 0.3) is 0 Å². The van der Waals surface area contributed by atoms with Crippen molar-refractivity contribution in [3.63, 3.8) is 0 Å². The lowest BCUT2D eigenvalue weighted by molar-refractivity contribution is -0.144. The number of carbonyl (C=O) groups excluding carboxylic acids is 1. The third-order valence-electron chi connectivity index (χ3n) is 8.08. The fraction of sp³-hybridized carbons (Fsp3) is 0.696. The van der Waals surface area contributed by atoms with E-state index in [4.69, 9.17) is 0 Å². The quantitative estimate of drug-likeness (QED) is 0.872. The molecule has 1 aromatic carbocycles. The van der Waals surface area contributed by atoms with Gasteiger partial charge in [-0.3, -0.25) is 4.79 Å². The van der Waals surface area contributed by atoms with Crippen LogP contribution < -0.4 is 5.32 Å². The van der Waals surface area contributed by atoms with Crippen molar-refractivity contribution >= 4 is 5.91 Å². The zero-order valence-corrected chi connectivity index (χ0v) is 16.1. The number of benzene rings is 1. The Labute approximate surface area is 157 Å². The molecule has 2 heterocycles. The van der Waals surface area contributed by atoms with E-state index in [0.717, 1.165) is 38.4 Å². The zero-order valence-electron chi connectivity index (χ0n) is 16.1. The molecule has 1 amide bonds. The topological polar surface area (TPSA) is 32.3 Å². The molecule has 2 spiro atoms. The first kappa shape index (κ1) is 16.8. The Balaban J connectivity index is 1.13. The van der Waals surface area contributed by atoms with E-state index in [-0.39, 0.29) is 0 Å². The van der Waals surface area contributed by atoms with E-state index < -0.39 is 0 Å². The maximum Gasteiger partial charge on any atom is 0.225 e. The van der Waals surface area contributed by atoms with E-state index in [2.05, 4.69) is 41.4 Å². The van der Waals surface area contributed by atoms with Gasteiger partial charge in [-0.1, -0.05) is 24.3 Å². The number of hydrogen-bond acceptors (Lipinski definition) is 2. The van der Waals surface area contributed by atoms with Crippen molar-refractivity contribution in [3.05, 3.63) is 35.4 Å². The smallest absolute Gasteiger partial charge is 0.225 e. The number of aryl methyl sites for hydroxylation is 1. The minimum atomic E-state index is 0.302. The maximum absolute atomic E-state index is 12.9. The van der Waals surface area contributed by atoms with Crippen LogP contribution in [0.15, 0.2) is 24.3 Å². The lowest BCUT2D eigenvalue weighted by atomic mass is 9.55. The van der Waals surface area contributed by atoms with Crippen LogP contribution in [0.4, 0.5) is 0 Å². The van der Waals surface area contributed by atoms with E-state index in [9.17, 15) is 4.79 Å². The largest absolute Gasteiger partial charge is 0.342 e. The van der Waals surface area contributed by atoms with E-state index in [1.807, 2.05) is 0 Å². The van der Waals surface area contributed by atoms with Crippen LogP contribution in [0, 0.1) is 18.3 Å². The monoisotopic (exact) mass is 352 g/mol. The standard InChI is InChI=1S/C23H32N2O/c1-17-5-2-3-6-20(17)18-13-22(14-18)8-11-25(12-9-22)21(26)19-15-23(16-19)7-4-10-24-23/h2-3,5-6,18-19,24H,4,7-16H2,1H3. The predicted octanol–water partition coefficient (Wildman–Crippen LogP) is 4.01. The minimum Gasteiger partial charge on any atom is -0.342 e. The number of carbonyl (C=O) groups is 1. The van der Waals surface area contributed by atoms with E-state index in [1.54, 1.807) is 5.56 Å². The summed E-state index contributed by atoms with van der Waals surface area (Å²) in [6, 6.07) is 8.88. The van der Waals surface area contributed by atoms with Gasteiger partial charge in [-0.05, 0) is 87.3 Å². The molecule has 3 nitrogen and oxygen atoms in total. The molecule has 2 saturated carbocycles. The van der Waals surface area contributed by atoms with Crippen LogP contribution in [-0.2, 0) is 4.79 Å². The molecule has 0 unspecified atom stereocenters. The van der Waals surface area contributed by atoms with Gasteiger partial charge in [-0.25, -0.2) is 0 Å². The van der Waals surface area contributed by atoms with Crippen molar-refractivity contribution in [2.45, 2.75) is 69.7 Å². The molecule has 1 N–H and O–H groups in total. The molecule has 1 aromatic rings. The highest BCUT2D eigenvalue weighted by molar-refractivity contribution is 5.80. The van der Waals surface area contributed by atoms with Gasteiger partial charge in [-0.15, -0.1) is 0 Å². The molecule has 4 fully saturated rings. The maximum atomic E-state index is 12.9. The summed E-state index contributed by atoms with van der Waals surface area (Å²) in [4.78, 5) is 15.1. The number of piperidine rings is 1. The van der Waals surface area contributed by atoms with Gasteiger partial charge in [0.25, 0.3) is 0 Å². The van der Waals surface area contributed by atoms with Gasteiger partial charge >= 0.3 is 0 Å². The van der Waals surface area contributed by atoms with Crippen LogP contribution in [0.2, 0.25) is 0 Å². The molecule has 2 aliphatic heterocycles. The Morgan fingerprint density at radius 2 is 1.81 bits per heavy atom. The summed E-state index contributed by atoms with van der Waals surface area (Å²) < 4.78 is 0. The number of likely N-dealkylation sites (tertiary alicyclic amines) is 1. The van der Waals surface area contributed by atoms with E-state index >= 15 is 0 Å². The van der Waals surface area contributed by atoms with E-state index in [0.29, 0.717) is 22.8 Å². The van der Waals surface area contributed by atoms with Gasteiger partial charge in [0.05, 0.1) is 0 Å². The highest BCUT2D eigenvalue weighted by Crippen LogP contribution is 2.57. The summed E-state index contributed by atoms with van der Waals surface area (Å²) >= 11 is 0. The summed E-state index contributed by atoms with van der Waals surface area (Å²) in [7, 11) is 0. The summed E-state index contributed by atoms with van der Waals surface area (Å²) in [5.74, 6) is 1.50. The Hall–Kier alpha value is -1.35. The highest BCUT2D eigenvalue weighted by atomic mass is 16.2. The van der Waals surface area contributed by atoms with Gasteiger partial charge < -0.3 is 10.2 Å². The summed E-state index contributed by atoms with van der Waals surface area (Å²) in [5, 5.41) is 3.64. The van der Waals surface area contributed by atoms with Gasteiger partial charge in [0.15, 0.2) is 0 Å². The number of amides is 1. The van der Waals surface area contributed by atoms with Gasteiger partial charge in [0, 0.05) is 24.5 Å². The molecule has 0 atom stereocenters. The van der Waals surface area contributed by atoms with Crippen molar-refractivity contribution in [1.29, 1.82) is 0 Å². The molecule has 2 saturated heterocycles. The van der Waals surface area contributed by atoms with Gasteiger partial charge in [-0.2, -0.15) is 0 Å². The first-order valence-electron chi connectivity index (χ1n) is 10.7. The molecule has 26 heavy (non-hydrogen) atoms. The van der Waals surface area contributed by atoms with Crippen LogP contribution in [0.3, 0.4) is 0 Å². The second-order valence-electron chi connectivity index (χ2n) is 9.70. The molecule has 0 radical (unpaired) electrons. The molecule has 5 rings (SSSR count). The molecule has 140 valence electrons. The second-order valence-corrected chi connectivity index (χ2v) is 9.70. The molecular weight excluding hydrogens is 320 g/mol. The number of nitrogens with zero attached hydrogens (tertiary/aromatic N) is 1. The Kier molecular flexibility index (Phi) is 3.93. The molecule has 2 aliphatic carbocycles. The van der Waals surface area contributed by atoms with Crippen molar-refractivity contribution in [2.24, 2.45) is 11.3 Å². The van der Waals surface area contributed by atoms with Crippen LogP contribution in [-0.4, -0.2) is 36.0 Å². The Bertz CT molecular complexity index is 682. The lowest BCUT2D eigenvalue weighted by Crippen LogP contribution is -2.57. The van der Waals surface area contributed by atoms with Crippen molar-refractivity contribution < 1.29 is 4.79 Å². The van der Waals surface area contributed by atoms with Crippen LogP contribution >= 0.6 is 0 Å². The number of rotatable bonds is 2. The van der Waals surface area contributed by atoms with Crippen molar-refractivity contribution in [1.82, 2.24) is 10.2 Å². The van der Waals surface area contributed by atoms with Crippen molar-refractivity contribution in [3.8, 4) is 0 Å². The highest BCUT2D eigenvalue weighted by Gasteiger charge is 2.51. The van der Waals surface area contributed by atoms with E-state index in [1.165, 1.54) is 44.1 Å². The third-order valence-corrected chi connectivity index (χ3v) is 8.08. The zero-order chi connectivity index (χ0) is 17.8. The fourth-order valence-corrected chi connectivity index (χ4v) is 6.39. The average molecular weight is 353 g/mol. The van der Waals surface area contributed by atoms with Crippen molar-refractivity contribution in [2.75, 3.05) is 19.6 Å². The Morgan fingerprint density at radius 1 is 1.08 bits per heavy atom. The second kappa shape index (κ2) is 6.09. The summed E-state index contributed by atoms with van der Waals surface area (Å²) in [6.45, 7) is 5.38. The molecular formula is C23H32N2O. The van der Waals surface area contributed by atoms with Gasteiger partial charge in [0.2, 0.25) is 5.91 Å². The molecule has 3 heteroatoms. The number of nitrogens with one attached hydrogen (secondary N) is 1. The third kappa shape index (κ3) is 2.70. The average Bonchev–Trinajstić information content (AvgIpc) is 3.09. The summed E-state index contributed by atoms with van der Waals surface area (Å²) in [5.41, 5.74) is 3.86. The first-order chi connectivity index (χ1) is 12.6. The molecule has 0 bridgehead atoms. The molecule has 4 aliphatic rings. The number of hydrogen-bond donors (Lipinski definition) is 1. The normalized spacial score (nSPS) is 29.6. The first-order valence-corrected chi connectivity index (χ1v) is 10.7. The Morgan fingerprint density at radius 3 is 2.46 bits per heavy atom. The molecule has 0 aromatic heterocycles.